The average Bonchev–Trinajstić information content (AvgIpc) is 2.29. The van der Waals surface area contributed by atoms with Crippen molar-refractivity contribution < 1.29 is 22.3 Å². The maximum absolute atomic E-state index is 13.4. The molecule has 1 aromatic carbocycles. The van der Waals surface area contributed by atoms with Crippen LogP contribution in [0.5, 0.6) is 0 Å². The fourth-order valence-corrected chi connectivity index (χ4v) is 3.09. The summed E-state index contributed by atoms with van der Waals surface area (Å²) in [5, 5.41) is 8.76. The van der Waals surface area contributed by atoms with E-state index in [0.29, 0.717) is 6.07 Å². The lowest BCUT2D eigenvalue weighted by molar-refractivity contribution is 0.257. The summed E-state index contributed by atoms with van der Waals surface area (Å²) in [7, 11) is -3.71. The van der Waals surface area contributed by atoms with Gasteiger partial charge in [0, 0.05) is 24.7 Å². The molecular weight excluding hydrogens is 264 g/mol. The molecule has 0 unspecified atom stereocenters. The summed E-state index contributed by atoms with van der Waals surface area (Å²) >= 11 is 0. The molecule has 1 rings (SSSR count). The number of aliphatic hydroxyl groups is 1. The Morgan fingerprint density at radius 3 is 2.50 bits per heavy atom. The zero-order valence-electron chi connectivity index (χ0n) is 9.94. The zero-order chi connectivity index (χ0) is 13.8. The van der Waals surface area contributed by atoms with Gasteiger partial charge in [0.05, 0.1) is 12.4 Å². The van der Waals surface area contributed by atoms with E-state index in [-0.39, 0.29) is 25.3 Å². The number of rotatable bonds is 6. The van der Waals surface area contributed by atoms with E-state index in [1.165, 1.54) is 0 Å². The van der Waals surface area contributed by atoms with Crippen molar-refractivity contribution in [2.24, 2.45) is 0 Å². The smallest absolute Gasteiger partial charge is 0.218 e. The minimum Gasteiger partial charge on any atom is -0.395 e. The molecule has 0 saturated heterocycles. The standard InChI is InChI=1S/C11H15F2NO3S/c1-2-14(5-6-15)18(16,17)8-9-3-4-10(12)7-11(9)13/h3-4,7,15H,2,5-6,8H2,1H3. The van der Waals surface area contributed by atoms with Crippen LogP contribution in [0.2, 0.25) is 0 Å². The van der Waals surface area contributed by atoms with Crippen molar-refractivity contribution in [3.05, 3.63) is 35.4 Å². The summed E-state index contributed by atoms with van der Waals surface area (Å²) in [6.07, 6.45) is 0. The normalized spacial score (nSPS) is 12.1. The monoisotopic (exact) mass is 279 g/mol. The van der Waals surface area contributed by atoms with Crippen molar-refractivity contribution in [3.8, 4) is 0 Å². The van der Waals surface area contributed by atoms with E-state index in [1.54, 1.807) is 6.92 Å². The van der Waals surface area contributed by atoms with E-state index in [0.717, 1.165) is 16.4 Å². The molecule has 0 aliphatic rings. The quantitative estimate of drug-likeness (QED) is 0.848. The highest BCUT2D eigenvalue weighted by Crippen LogP contribution is 2.15. The second-order valence-corrected chi connectivity index (χ2v) is 5.68. The summed E-state index contributed by atoms with van der Waals surface area (Å²) in [6.45, 7) is 1.46. The van der Waals surface area contributed by atoms with Crippen molar-refractivity contribution in [2.45, 2.75) is 12.7 Å². The molecule has 0 heterocycles. The highest BCUT2D eigenvalue weighted by Gasteiger charge is 2.22. The summed E-state index contributed by atoms with van der Waals surface area (Å²) in [6, 6.07) is 2.76. The number of benzene rings is 1. The van der Waals surface area contributed by atoms with Gasteiger partial charge in [-0.3, -0.25) is 0 Å². The third-order valence-corrected chi connectivity index (χ3v) is 4.35. The Balaban J connectivity index is 2.94. The van der Waals surface area contributed by atoms with Crippen LogP contribution in [0.4, 0.5) is 8.78 Å². The Morgan fingerprint density at radius 1 is 1.33 bits per heavy atom. The molecule has 0 bridgehead atoms. The van der Waals surface area contributed by atoms with Crippen LogP contribution in [-0.4, -0.2) is 37.5 Å². The molecule has 0 spiro atoms. The lowest BCUT2D eigenvalue weighted by Crippen LogP contribution is -2.34. The lowest BCUT2D eigenvalue weighted by Gasteiger charge is -2.19. The van der Waals surface area contributed by atoms with Gasteiger partial charge in [-0.25, -0.2) is 17.2 Å². The highest BCUT2D eigenvalue weighted by molar-refractivity contribution is 7.88. The molecule has 7 heteroatoms. The molecule has 0 amide bonds. The number of nitrogens with zero attached hydrogens (tertiary/aromatic N) is 1. The van der Waals surface area contributed by atoms with Gasteiger partial charge in [-0.05, 0) is 6.07 Å². The molecule has 18 heavy (non-hydrogen) atoms. The van der Waals surface area contributed by atoms with Gasteiger partial charge in [0.1, 0.15) is 11.6 Å². The van der Waals surface area contributed by atoms with Gasteiger partial charge in [-0.1, -0.05) is 13.0 Å². The Hall–Kier alpha value is -1.05. The Kier molecular flexibility index (Phi) is 5.18. The maximum Gasteiger partial charge on any atom is 0.218 e. The van der Waals surface area contributed by atoms with E-state index < -0.39 is 27.4 Å². The van der Waals surface area contributed by atoms with Gasteiger partial charge >= 0.3 is 0 Å². The Morgan fingerprint density at radius 2 is 2.00 bits per heavy atom. The minimum absolute atomic E-state index is 0.0400. The molecule has 4 nitrogen and oxygen atoms in total. The van der Waals surface area contributed by atoms with Gasteiger partial charge in [0.2, 0.25) is 10.0 Å². The number of likely N-dealkylation sites (N-methyl/N-ethyl adjacent to an activating group) is 1. The predicted molar refractivity (Wildman–Crippen MR) is 63.3 cm³/mol. The third kappa shape index (κ3) is 3.72. The molecule has 102 valence electrons. The van der Waals surface area contributed by atoms with Gasteiger partial charge in [-0.15, -0.1) is 0 Å². The van der Waals surface area contributed by atoms with E-state index in [9.17, 15) is 17.2 Å². The molecule has 0 saturated carbocycles. The third-order valence-electron chi connectivity index (χ3n) is 2.45. The van der Waals surface area contributed by atoms with E-state index in [1.807, 2.05) is 0 Å². The molecule has 0 radical (unpaired) electrons. The summed E-state index contributed by atoms with van der Waals surface area (Å²) in [4.78, 5) is 0. The fraction of sp³-hybridized carbons (Fsp3) is 0.455. The number of hydrogen-bond donors (Lipinski definition) is 1. The van der Waals surface area contributed by atoms with Crippen molar-refractivity contribution in [1.82, 2.24) is 4.31 Å². The molecule has 0 aliphatic heterocycles. The van der Waals surface area contributed by atoms with Crippen LogP contribution in [0.1, 0.15) is 12.5 Å². The van der Waals surface area contributed by atoms with Crippen LogP contribution >= 0.6 is 0 Å². The number of sulfonamides is 1. The van der Waals surface area contributed by atoms with E-state index in [2.05, 4.69) is 0 Å². The van der Waals surface area contributed by atoms with E-state index in [4.69, 9.17) is 5.11 Å². The van der Waals surface area contributed by atoms with E-state index >= 15 is 0 Å². The van der Waals surface area contributed by atoms with Crippen LogP contribution in [-0.2, 0) is 15.8 Å². The van der Waals surface area contributed by atoms with Crippen LogP contribution in [0.3, 0.4) is 0 Å². The first-order chi connectivity index (χ1) is 8.40. The SMILES string of the molecule is CCN(CCO)S(=O)(=O)Cc1ccc(F)cc1F. The summed E-state index contributed by atoms with van der Waals surface area (Å²) in [5.41, 5.74) is -0.0900. The first kappa shape index (κ1) is 15.0. The average molecular weight is 279 g/mol. The summed E-state index contributed by atoms with van der Waals surface area (Å²) in [5.74, 6) is -2.19. The first-order valence-electron chi connectivity index (χ1n) is 5.43. The molecular formula is C11H15F2NO3S. The molecule has 0 atom stereocenters. The predicted octanol–water partition coefficient (Wildman–Crippen LogP) is 1.11. The van der Waals surface area contributed by atoms with Gasteiger partial charge in [0.25, 0.3) is 0 Å². The Labute approximate surface area is 105 Å². The van der Waals surface area contributed by atoms with Crippen molar-refractivity contribution in [3.63, 3.8) is 0 Å². The van der Waals surface area contributed by atoms with Crippen molar-refractivity contribution in [2.75, 3.05) is 19.7 Å². The second kappa shape index (κ2) is 6.21. The Bertz CT molecular complexity index is 505. The summed E-state index contributed by atoms with van der Waals surface area (Å²) < 4.78 is 50.9. The van der Waals surface area contributed by atoms with Crippen LogP contribution in [0, 0.1) is 11.6 Å². The zero-order valence-corrected chi connectivity index (χ0v) is 10.8. The van der Waals surface area contributed by atoms with Crippen molar-refractivity contribution in [1.29, 1.82) is 0 Å². The minimum atomic E-state index is -3.71. The van der Waals surface area contributed by atoms with Gasteiger partial charge in [-0.2, -0.15) is 4.31 Å². The lowest BCUT2D eigenvalue weighted by atomic mass is 10.2. The largest absolute Gasteiger partial charge is 0.395 e. The van der Waals surface area contributed by atoms with Crippen LogP contribution in [0.25, 0.3) is 0 Å². The number of halogens is 2. The molecule has 0 fully saturated rings. The molecule has 0 aromatic heterocycles. The molecule has 0 aliphatic carbocycles. The number of hydrogen-bond acceptors (Lipinski definition) is 3. The van der Waals surface area contributed by atoms with Crippen LogP contribution < -0.4 is 0 Å². The second-order valence-electron chi connectivity index (χ2n) is 3.71. The van der Waals surface area contributed by atoms with Gasteiger partial charge in [0.15, 0.2) is 0 Å². The molecule has 1 N–H and O–H groups in total. The fourth-order valence-electron chi connectivity index (χ4n) is 1.53. The van der Waals surface area contributed by atoms with Crippen molar-refractivity contribution >= 4 is 10.0 Å². The van der Waals surface area contributed by atoms with Crippen LogP contribution in [0.15, 0.2) is 18.2 Å². The molecule has 1 aromatic rings. The van der Waals surface area contributed by atoms with Gasteiger partial charge < -0.3 is 5.11 Å². The highest BCUT2D eigenvalue weighted by atomic mass is 32.2. The first-order valence-corrected chi connectivity index (χ1v) is 7.04. The topological polar surface area (TPSA) is 57.6 Å². The number of aliphatic hydroxyl groups excluding tert-OH is 1. The maximum atomic E-state index is 13.4.